The zero-order valence-electron chi connectivity index (χ0n) is 8.63. The van der Waals surface area contributed by atoms with E-state index >= 15 is 0 Å². The number of likely N-dealkylation sites (tertiary alicyclic amines) is 1. The SMILES string of the molecule is CC(C)C(=O)[C@H]1CCC[N+]1(C)C. The summed E-state index contributed by atoms with van der Waals surface area (Å²) in [4.78, 5) is 11.7. The van der Waals surface area contributed by atoms with Crippen molar-refractivity contribution < 1.29 is 9.28 Å². The van der Waals surface area contributed by atoms with Crippen LogP contribution in [0.5, 0.6) is 0 Å². The fourth-order valence-corrected chi connectivity index (χ4v) is 2.07. The standard InChI is InChI=1S/C10H20NO/c1-8(2)10(12)9-6-5-7-11(9,3)4/h8-9H,5-7H2,1-4H3/q+1/t9-/m1/s1. The Balaban J connectivity index is 2.69. The lowest BCUT2D eigenvalue weighted by Crippen LogP contribution is -2.49. The molecule has 1 aliphatic rings. The molecule has 0 spiro atoms. The molecule has 1 atom stereocenters. The first-order chi connectivity index (χ1) is 5.45. The van der Waals surface area contributed by atoms with E-state index in [-0.39, 0.29) is 12.0 Å². The molecule has 0 bridgehead atoms. The first-order valence-electron chi connectivity index (χ1n) is 4.81. The molecule has 1 heterocycles. The first-order valence-corrected chi connectivity index (χ1v) is 4.81. The van der Waals surface area contributed by atoms with Crippen LogP contribution in [0, 0.1) is 5.92 Å². The van der Waals surface area contributed by atoms with Gasteiger partial charge >= 0.3 is 0 Å². The predicted octanol–water partition coefficient (Wildman–Crippen LogP) is 1.45. The van der Waals surface area contributed by atoms with Crippen LogP contribution in [0.15, 0.2) is 0 Å². The van der Waals surface area contributed by atoms with Crippen LogP contribution in [0.1, 0.15) is 26.7 Å². The Morgan fingerprint density at radius 3 is 2.33 bits per heavy atom. The van der Waals surface area contributed by atoms with Crippen molar-refractivity contribution >= 4 is 5.78 Å². The van der Waals surface area contributed by atoms with E-state index in [1.54, 1.807) is 0 Å². The fraction of sp³-hybridized carbons (Fsp3) is 0.900. The molecular weight excluding hydrogens is 150 g/mol. The summed E-state index contributed by atoms with van der Waals surface area (Å²) in [5.74, 6) is 0.642. The number of nitrogens with zero attached hydrogens (tertiary/aromatic N) is 1. The third-order valence-electron chi connectivity index (χ3n) is 2.95. The van der Waals surface area contributed by atoms with E-state index in [1.165, 1.54) is 6.42 Å². The molecule has 1 fully saturated rings. The van der Waals surface area contributed by atoms with Crippen LogP contribution < -0.4 is 0 Å². The molecule has 0 aromatic heterocycles. The molecule has 2 heteroatoms. The Hall–Kier alpha value is -0.370. The second kappa shape index (κ2) is 3.17. The van der Waals surface area contributed by atoms with Gasteiger partial charge in [-0.05, 0) is 0 Å². The van der Waals surface area contributed by atoms with Gasteiger partial charge in [0.05, 0.1) is 20.6 Å². The van der Waals surface area contributed by atoms with Crippen LogP contribution in [0.4, 0.5) is 0 Å². The zero-order chi connectivity index (χ0) is 9.35. The summed E-state index contributed by atoms with van der Waals surface area (Å²) >= 11 is 0. The molecule has 0 amide bonds. The maximum absolute atomic E-state index is 11.7. The molecule has 2 nitrogen and oxygen atoms in total. The maximum Gasteiger partial charge on any atom is 0.192 e. The third kappa shape index (κ3) is 1.69. The average Bonchev–Trinajstić information content (AvgIpc) is 2.27. The van der Waals surface area contributed by atoms with Gasteiger partial charge in [0.1, 0.15) is 6.04 Å². The van der Waals surface area contributed by atoms with E-state index < -0.39 is 0 Å². The van der Waals surface area contributed by atoms with Crippen molar-refractivity contribution in [2.24, 2.45) is 5.92 Å². The monoisotopic (exact) mass is 170 g/mol. The van der Waals surface area contributed by atoms with Crippen molar-refractivity contribution in [3.63, 3.8) is 0 Å². The minimum atomic E-state index is 0.200. The minimum absolute atomic E-state index is 0.200. The molecule has 1 saturated heterocycles. The Kier molecular flexibility index (Phi) is 2.57. The number of hydrogen-bond acceptors (Lipinski definition) is 1. The van der Waals surface area contributed by atoms with Gasteiger partial charge in [0, 0.05) is 18.8 Å². The van der Waals surface area contributed by atoms with Crippen LogP contribution in [0.2, 0.25) is 0 Å². The topological polar surface area (TPSA) is 17.1 Å². The highest BCUT2D eigenvalue weighted by atomic mass is 16.1. The number of carbonyl (C=O) groups excluding carboxylic acids is 1. The molecule has 0 aromatic rings. The Labute approximate surface area is 75.1 Å². The normalized spacial score (nSPS) is 27.9. The van der Waals surface area contributed by atoms with Gasteiger partial charge in [-0.25, -0.2) is 0 Å². The summed E-state index contributed by atoms with van der Waals surface area (Å²) in [6.07, 6.45) is 2.29. The van der Waals surface area contributed by atoms with Crippen molar-refractivity contribution in [3.05, 3.63) is 0 Å². The molecule has 1 aliphatic heterocycles. The Morgan fingerprint density at radius 2 is 2.00 bits per heavy atom. The molecular formula is C10H20NO+. The molecule has 70 valence electrons. The highest BCUT2D eigenvalue weighted by Gasteiger charge is 2.39. The summed E-state index contributed by atoms with van der Waals surface area (Å²) in [7, 11) is 4.33. The van der Waals surface area contributed by atoms with Crippen molar-refractivity contribution in [2.45, 2.75) is 32.7 Å². The predicted molar refractivity (Wildman–Crippen MR) is 49.8 cm³/mol. The average molecular weight is 170 g/mol. The first kappa shape index (κ1) is 9.72. The van der Waals surface area contributed by atoms with Gasteiger partial charge in [0.2, 0.25) is 0 Å². The van der Waals surface area contributed by atoms with Gasteiger partial charge in [0.25, 0.3) is 0 Å². The lowest BCUT2D eigenvalue weighted by Gasteiger charge is -2.31. The molecule has 0 N–H and O–H groups in total. The molecule has 0 aliphatic carbocycles. The van der Waals surface area contributed by atoms with Gasteiger partial charge in [-0.15, -0.1) is 0 Å². The van der Waals surface area contributed by atoms with Gasteiger partial charge in [0.15, 0.2) is 5.78 Å². The van der Waals surface area contributed by atoms with Gasteiger partial charge < -0.3 is 4.48 Å². The van der Waals surface area contributed by atoms with E-state index in [9.17, 15) is 4.79 Å². The van der Waals surface area contributed by atoms with Gasteiger partial charge in [-0.2, -0.15) is 0 Å². The Morgan fingerprint density at radius 1 is 1.42 bits per heavy atom. The summed E-state index contributed by atoms with van der Waals surface area (Å²) in [6, 6.07) is 0.269. The second-order valence-electron chi connectivity index (χ2n) is 4.72. The third-order valence-corrected chi connectivity index (χ3v) is 2.95. The van der Waals surface area contributed by atoms with Crippen molar-refractivity contribution in [3.8, 4) is 0 Å². The molecule has 12 heavy (non-hydrogen) atoms. The van der Waals surface area contributed by atoms with Crippen LogP contribution in [0.25, 0.3) is 0 Å². The van der Waals surface area contributed by atoms with E-state index in [0.717, 1.165) is 17.4 Å². The number of Topliss-reactive ketones (excluding diaryl/α,β-unsaturated/α-hetero) is 1. The molecule has 0 saturated carbocycles. The van der Waals surface area contributed by atoms with Crippen molar-refractivity contribution in [2.75, 3.05) is 20.6 Å². The van der Waals surface area contributed by atoms with E-state index in [1.807, 2.05) is 13.8 Å². The van der Waals surface area contributed by atoms with E-state index in [0.29, 0.717) is 5.78 Å². The van der Waals surface area contributed by atoms with Gasteiger partial charge in [-0.1, -0.05) is 13.8 Å². The number of ketones is 1. The summed E-state index contributed by atoms with van der Waals surface area (Å²) in [6.45, 7) is 5.16. The van der Waals surface area contributed by atoms with E-state index in [4.69, 9.17) is 0 Å². The highest BCUT2D eigenvalue weighted by molar-refractivity contribution is 5.84. The number of likely N-dealkylation sites (N-methyl/N-ethyl adjacent to an activating group) is 1. The second-order valence-corrected chi connectivity index (χ2v) is 4.72. The lowest BCUT2D eigenvalue weighted by atomic mass is 9.99. The van der Waals surface area contributed by atoms with Crippen LogP contribution in [0.3, 0.4) is 0 Å². The van der Waals surface area contributed by atoms with Crippen LogP contribution in [-0.2, 0) is 4.79 Å². The van der Waals surface area contributed by atoms with Crippen molar-refractivity contribution in [1.29, 1.82) is 0 Å². The van der Waals surface area contributed by atoms with Crippen LogP contribution in [-0.4, -0.2) is 36.9 Å². The molecule has 0 radical (unpaired) electrons. The highest BCUT2D eigenvalue weighted by Crippen LogP contribution is 2.24. The summed E-state index contributed by atoms with van der Waals surface area (Å²) in [5.41, 5.74) is 0. The van der Waals surface area contributed by atoms with Gasteiger partial charge in [-0.3, -0.25) is 4.79 Å². The fourth-order valence-electron chi connectivity index (χ4n) is 2.07. The number of carbonyl (C=O) groups is 1. The molecule has 0 aromatic carbocycles. The van der Waals surface area contributed by atoms with Crippen LogP contribution >= 0.6 is 0 Å². The van der Waals surface area contributed by atoms with E-state index in [2.05, 4.69) is 14.1 Å². The quantitative estimate of drug-likeness (QED) is 0.573. The smallest absolute Gasteiger partial charge is 0.192 e. The van der Waals surface area contributed by atoms with Crippen molar-refractivity contribution in [1.82, 2.24) is 0 Å². The number of hydrogen-bond donors (Lipinski definition) is 0. The number of rotatable bonds is 2. The molecule has 0 unspecified atom stereocenters. The minimum Gasteiger partial charge on any atom is -0.320 e. The number of quaternary nitrogens is 1. The Bertz CT molecular complexity index is 184. The summed E-state index contributed by atoms with van der Waals surface area (Å²) in [5, 5.41) is 0. The maximum atomic E-state index is 11.7. The summed E-state index contributed by atoms with van der Waals surface area (Å²) < 4.78 is 0.900. The lowest BCUT2D eigenvalue weighted by molar-refractivity contribution is -0.893. The molecule has 1 rings (SSSR count). The zero-order valence-corrected chi connectivity index (χ0v) is 8.63. The largest absolute Gasteiger partial charge is 0.320 e.